The van der Waals surface area contributed by atoms with Crippen molar-refractivity contribution in [2.24, 2.45) is 11.7 Å². The van der Waals surface area contributed by atoms with Crippen molar-refractivity contribution in [3.8, 4) is 0 Å². The van der Waals surface area contributed by atoms with E-state index in [0.717, 1.165) is 51.1 Å². The highest BCUT2D eigenvalue weighted by molar-refractivity contribution is 5.79. The lowest BCUT2D eigenvalue weighted by atomic mass is 9.94. The first kappa shape index (κ1) is 11.7. The molecular formula is C13H20N4O. The molecule has 5 nitrogen and oxygen atoms in total. The van der Waals surface area contributed by atoms with E-state index >= 15 is 0 Å². The van der Waals surface area contributed by atoms with Gasteiger partial charge in [0.05, 0.1) is 0 Å². The normalized spacial score (nSPS) is 27.9. The highest BCUT2D eigenvalue weighted by atomic mass is 16.2. The monoisotopic (exact) mass is 248 g/mol. The van der Waals surface area contributed by atoms with E-state index in [0.29, 0.717) is 0 Å². The van der Waals surface area contributed by atoms with Crippen molar-refractivity contribution < 1.29 is 4.79 Å². The number of carbonyl (C=O) groups is 1. The van der Waals surface area contributed by atoms with Gasteiger partial charge in [-0.1, -0.05) is 0 Å². The number of aryl methyl sites for hydroxylation is 1. The molecule has 2 aliphatic heterocycles. The summed E-state index contributed by atoms with van der Waals surface area (Å²) >= 11 is 0. The minimum absolute atomic E-state index is 0.102. The van der Waals surface area contributed by atoms with E-state index in [4.69, 9.17) is 5.73 Å². The summed E-state index contributed by atoms with van der Waals surface area (Å²) in [7, 11) is 0. The van der Waals surface area contributed by atoms with Crippen molar-refractivity contribution in [1.29, 1.82) is 0 Å². The SMILES string of the molecule is NC1CCCN(C(=O)C2CCn3ccnc3C2)C1. The van der Waals surface area contributed by atoms with Gasteiger partial charge in [0.15, 0.2) is 0 Å². The molecule has 0 saturated carbocycles. The summed E-state index contributed by atoms with van der Waals surface area (Å²) in [5.41, 5.74) is 5.94. The Balaban J connectivity index is 1.67. The van der Waals surface area contributed by atoms with Crippen molar-refractivity contribution >= 4 is 5.91 Å². The highest BCUT2D eigenvalue weighted by Crippen LogP contribution is 2.22. The Bertz CT molecular complexity index is 442. The van der Waals surface area contributed by atoms with E-state index < -0.39 is 0 Å². The fraction of sp³-hybridized carbons (Fsp3) is 0.692. The van der Waals surface area contributed by atoms with E-state index in [9.17, 15) is 4.79 Å². The van der Waals surface area contributed by atoms with Crippen LogP contribution in [0.3, 0.4) is 0 Å². The molecule has 1 amide bonds. The number of carbonyl (C=O) groups excluding carboxylic acids is 1. The standard InChI is InChI=1S/C13H20N4O/c14-11-2-1-5-17(9-11)13(18)10-3-6-16-7-4-15-12(16)8-10/h4,7,10-11H,1-3,5-6,8-9,14H2. The Labute approximate surface area is 107 Å². The van der Waals surface area contributed by atoms with Gasteiger partial charge in [-0.2, -0.15) is 0 Å². The Morgan fingerprint density at radius 2 is 2.28 bits per heavy atom. The summed E-state index contributed by atoms with van der Waals surface area (Å²) in [6.45, 7) is 2.51. The van der Waals surface area contributed by atoms with Gasteiger partial charge in [-0.3, -0.25) is 4.79 Å². The third-order valence-electron chi connectivity index (χ3n) is 4.07. The molecule has 3 rings (SSSR count). The van der Waals surface area contributed by atoms with Gasteiger partial charge >= 0.3 is 0 Å². The maximum Gasteiger partial charge on any atom is 0.226 e. The second kappa shape index (κ2) is 4.72. The summed E-state index contributed by atoms with van der Waals surface area (Å²) in [5.74, 6) is 1.42. The van der Waals surface area contributed by atoms with Crippen molar-refractivity contribution in [2.45, 2.75) is 38.3 Å². The van der Waals surface area contributed by atoms with Crippen molar-refractivity contribution in [3.05, 3.63) is 18.2 Å². The number of hydrogen-bond donors (Lipinski definition) is 1. The summed E-state index contributed by atoms with van der Waals surface area (Å²) in [6, 6.07) is 0.160. The van der Waals surface area contributed by atoms with Gasteiger partial charge in [0.2, 0.25) is 5.91 Å². The number of nitrogens with two attached hydrogens (primary N) is 1. The molecule has 0 aromatic carbocycles. The molecule has 5 heteroatoms. The molecule has 3 heterocycles. The molecule has 1 fully saturated rings. The predicted octanol–water partition coefficient (Wildman–Crippen LogP) is 0.395. The van der Waals surface area contributed by atoms with Gasteiger partial charge < -0.3 is 15.2 Å². The smallest absolute Gasteiger partial charge is 0.226 e. The first-order valence-electron chi connectivity index (χ1n) is 6.78. The zero-order valence-corrected chi connectivity index (χ0v) is 10.6. The summed E-state index contributed by atoms with van der Waals surface area (Å²) in [4.78, 5) is 18.7. The number of rotatable bonds is 1. The van der Waals surface area contributed by atoms with Gasteiger partial charge in [0.25, 0.3) is 0 Å². The number of piperidine rings is 1. The molecule has 98 valence electrons. The average molecular weight is 248 g/mol. The molecule has 0 bridgehead atoms. The van der Waals surface area contributed by atoms with Crippen LogP contribution >= 0.6 is 0 Å². The van der Waals surface area contributed by atoms with Crippen LogP contribution in [0.4, 0.5) is 0 Å². The van der Waals surface area contributed by atoms with Crippen LogP contribution in [0.2, 0.25) is 0 Å². The summed E-state index contributed by atoms with van der Waals surface area (Å²) in [5, 5.41) is 0. The number of nitrogens with zero attached hydrogens (tertiary/aromatic N) is 3. The van der Waals surface area contributed by atoms with Crippen molar-refractivity contribution in [1.82, 2.24) is 14.5 Å². The third kappa shape index (κ3) is 2.14. The van der Waals surface area contributed by atoms with Crippen LogP contribution in [0.1, 0.15) is 25.1 Å². The molecule has 0 spiro atoms. The van der Waals surface area contributed by atoms with Crippen LogP contribution in [0.15, 0.2) is 12.4 Å². The maximum absolute atomic E-state index is 12.5. The second-order valence-electron chi connectivity index (χ2n) is 5.41. The van der Waals surface area contributed by atoms with Gasteiger partial charge in [-0.25, -0.2) is 4.98 Å². The Hall–Kier alpha value is -1.36. The number of amides is 1. The third-order valence-corrected chi connectivity index (χ3v) is 4.07. The van der Waals surface area contributed by atoms with Gasteiger partial charge in [0, 0.05) is 50.4 Å². The van der Waals surface area contributed by atoms with E-state index in [1.54, 1.807) is 0 Å². The molecule has 2 atom stereocenters. The molecule has 0 aliphatic carbocycles. The largest absolute Gasteiger partial charge is 0.341 e. The quantitative estimate of drug-likeness (QED) is 0.782. The lowest BCUT2D eigenvalue weighted by Crippen LogP contribution is -2.48. The molecule has 1 aromatic rings. The Morgan fingerprint density at radius 1 is 1.39 bits per heavy atom. The molecule has 1 saturated heterocycles. The van der Waals surface area contributed by atoms with Crippen LogP contribution in [0.5, 0.6) is 0 Å². The first-order valence-corrected chi connectivity index (χ1v) is 6.78. The van der Waals surface area contributed by atoms with Crippen LogP contribution in [0.25, 0.3) is 0 Å². The zero-order chi connectivity index (χ0) is 12.5. The fourth-order valence-electron chi connectivity index (χ4n) is 3.03. The van der Waals surface area contributed by atoms with Crippen LogP contribution in [-0.4, -0.2) is 39.5 Å². The average Bonchev–Trinajstić information content (AvgIpc) is 2.85. The number of aromatic nitrogens is 2. The highest BCUT2D eigenvalue weighted by Gasteiger charge is 2.30. The van der Waals surface area contributed by atoms with Crippen molar-refractivity contribution in [2.75, 3.05) is 13.1 Å². The van der Waals surface area contributed by atoms with Gasteiger partial charge in [0.1, 0.15) is 5.82 Å². The topological polar surface area (TPSA) is 64.2 Å². The lowest BCUT2D eigenvalue weighted by Gasteiger charge is -2.34. The lowest BCUT2D eigenvalue weighted by molar-refractivity contribution is -0.137. The molecule has 2 N–H and O–H groups in total. The maximum atomic E-state index is 12.5. The minimum atomic E-state index is 0.102. The minimum Gasteiger partial charge on any atom is -0.341 e. The van der Waals surface area contributed by atoms with Crippen LogP contribution in [0, 0.1) is 5.92 Å². The Morgan fingerprint density at radius 3 is 3.11 bits per heavy atom. The van der Waals surface area contributed by atoms with E-state index in [-0.39, 0.29) is 17.9 Å². The molecule has 2 aliphatic rings. The van der Waals surface area contributed by atoms with E-state index in [1.807, 2.05) is 17.3 Å². The first-order chi connectivity index (χ1) is 8.74. The molecule has 1 aromatic heterocycles. The van der Waals surface area contributed by atoms with Crippen LogP contribution < -0.4 is 5.73 Å². The number of hydrogen-bond acceptors (Lipinski definition) is 3. The van der Waals surface area contributed by atoms with Gasteiger partial charge in [-0.15, -0.1) is 0 Å². The second-order valence-corrected chi connectivity index (χ2v) is 5.41. The van der Waals surface area contributed by atoms with E-state index in [1.165, 1.54) is 0 Å². The zero-order valence-electron chi connectivity index (χ0n) is 10.6. The fourth-order valence-corrected chi connectivity index (χ4v) is 3.03. The molecular weight excluding hydrogens is 228 g/mol. The number of likely N-dealkylation sites (tertiary alicyclic amines) is 1. The van der Waals surface area contributed by atoms with Gasteiger partial charge in [-0.05, 0) is 19.3 Å². The molecule has 18 heavy (non-hydrogen) atoms. The van der Waals surface area contributed by atoms with E-state index in [2.05, 4.69) is 9.55 Å². The van der Waals surface area contributed by atoms with Crippen LogP contribution in [-0.2, 0) is 17.8 Å². The predicted molar refractivity (Wildman–Crippen MR) is 67.8 cm³/mol. The number of imidazole rings is 1. The molecule has 0 radical (unpaired) electrons. The van der Waals surface area contributed by atoms with Crippen molar-refractivity contribution in [3.63, 3.8) is 0 Å². The number of fused-ring (bicyclic) bond motifs is 1. The molecule has 2 unspecified atom stereocenters. The summed E-state index contributed by atoms with van der Waals surface area (Å²) < 4.78 is 2.14. The Kier molecular flexibility index (Phi) is 3.07. The summed E-state index contributed by atoms with van der Waals surface area (Å²) in [6.07, 6.45) is 7.59.